The minimum Gasteiger partial charge on any atom is -0.381 e. The van der Waals surface area contributed by atoms with Crippen molar-refractivity contribution in [1.29, 1.82) is 5.26 Å². The monoisotopic (exact) mass is 327 g/mol. The largest absolute Gasteiger partial charge is 0.381 e. The van der Waals surface area contributed by atoms with Crippen LogP contribution in [0.2, 0.25) is 0 Å². The molecule has 2 aliphatic heterocycles. The maximum Gasteiger partial charge on any atom is 0.223 e. The van der Waals surface area contributed by atoms with Crippen molar-refractivity contribution < 1.29 is 9.53 Å². The van der Waals surface area contributed by atoms with Gasteiger partial charge in [-0.25, -0.2) is 0 Å². The summed E-state index contributed by atoms with van der Waals surface area (Å²) in [5.74, 6) is 0.238. The number of nitrogens with zero attached hydrogens (tertiary/aromatic N) is 3. The van der Waals surface area contributed by atoms with Gasteiger partial charge in [0.05, 0.1) is 17.7 Å². The van der Waals surface area contributed by atoms with Crippen molar-refractivity contribution in [3.8, 4) is 6.07 Å². The number of carbonyl (C=O) groups is 1. The molecule has 24 heavy (non-hydrogen) atoms. The highest BCUT2D eigenvalue weighted by atomic mass is 16.5. The summed E-state index contributed by atoms with van der Waals surface area (Å²) in [5.41, 5.74) is 1.77. The van der Waals surface area contributed by atoms with E-state index >= 15 is 0 Å². The van der Waals surface area contributed by atoms with Crippen LogP contribution in [0, 0.1) is 11.3 Å². The van der Waals surface area contributed by atoms with E-state index in [9.17, 15) is 4.79 Å². The van der Waals surface area contributed by atoms with Crippen molar-refractivity contribution in [3.63, 3.8) is 0 Å². The first-order valence-corrected chi connectivity index (χ1v) is 8.73. The molecule has 0 N–H and O–H groups in total. The maximum atomic E-state index is 12.3. The van der Waals surface area contributed by atoms with E-state index in [2.05, 4.69) is 11.0 Å². The number of benzene rings is 1. The third kappa shape index (κ3) is 3.95. The standard InChI is InChI=1S/C19H25N3O2/c1-24-18-8-10-21(11-9-18)17-13-22(14-17)19(23)7-6-15-2-4-16(12-20)5-3-15/h2-5,17-18H,6-11,13-14H2,1H3. The zero-order chi connectivity index (χ0) is 16.9. The normalized spacial score (nSPS) is 19.8. The molecular formula is C19H25N3O2. The molecule has 0 saturated carbocycles. The molecule has 2 saturated heterocycles. The van der Waals surface area contributed by atoms with Crippen molar-refractivity contribution >= 4 is 5.91 Å². The average molecular weight is 327 g/mol. The van der Waals surface area contributed by atoms with Crippen LogP contribution in [0.5, 0.6) is 0 Å². The van der Waals surface area contributed by atoms with Crippen LogP contribution in [0.25, 0.3) is 0 Å². The van der Waals surface area contributed by atoms with Gasteiger partial charge in [-0.3, -0.25) is 9.69 Å². The number of hydrogen-bond acceptors (Lipinski definition) is 4. The summed E-state index contributed by atoms with van der Waals surface area (Å²) < 4.78 is 5.41. The highest BCUT2D eigenvalue weighted by Gasteiger charge is 2.35. The van der Waals surface area contributed by atoms with E-state index in [0.717, 1.165) is 51.0 Å². The Morgan fingerprint density at radius 2 is 1.92 bits per heavy atom. The minimum atomic E-state index is 0.238. The van der Waals surface area contributed by atoms with Crippen LogP contribution >= 0.6 is 0 Å². The molecule has 1 aromatic carbocycles. The number of hydrogen-bond donors (Lipinski definition) is 0. The number of carbonyl (C=O) groups excluding carboxylic acids is 1. The van der Waals surface area contributed by atoms with Gasteiger partial charge in [-0.15, -0.1) is 0 Å². The van der Waals surface area contributed by atoms with Crippen molar-refractivity contribution in [1.82, 2.24) is 9.80 Å². The number of amides is 1. The van der Waals surface area contributed by atoms with Crippen LogP contribution in [0.3, 0.4) is 0 Å². The van der Waals surface area contributed by atoms with Gasteiger partial charge in [0.2, 0.25) is 5.91 Å². The molecule has 1 amide bonds. The molecule has 0 atom stereocenters. The first kappa shape index (κ1) is 16.9. The lowest BCUT2D eigenvalue weighted by molar-refractivity contribution is -0.139. The molecular weight excluding hydrogens is 302 g/mol. The maximum absolute atomic E-state index is 12.3. The lowest BCUT2D eigenvalue weighted by Crippen LogP contribution is -2.62. The summed E-state index contributed by atoms with van der Waals surface area (Å²) in [6.45, 7) is 3.89. The average Bonchev–Trinajstić information content (AvgIpc) is 2.59. The fraction of sp³-hybridized carbons (Fsp3) is 0.579. The molecule has 5 nitrogen and oxygen atoms in total. The van der Waals surface area contributed by atoms with E-state index < -0.39 is 0 Å². The van der Waals surface area contributed by atoms with Crippen LogP contribution in [-0.4, -0.2) is 61.1 Å². The first-order chi connectivity index (χ1) is 11.7. The lowest BCUT2D eigenvalue weighted by atomic mass is 10.00. The summed E-state index contributed by atoms with van der Waals surface area (Å²) in [6.07, 6.45) is 3.89. The number of ether oxygens (including phenoxy) is 1. The van der Waals surface area contributed by atoms with Gasteiger partial charge in [0.25, 0.3) is 0 Å². The summed E-state index contributed by atoms with van der Waals surface area (Å²) in [4.78, 5) is 16.8. The number of methoxy groups -OCH3 is 1. The molecule has 2 fully saturated rings. The number of rotatable bonds is 5. The van der Waals surface area contributed by atoms with E-state index in [1.807, 2.05) is 29.2 Å². The fourth-order valence-corrected chi connectivity index (χ4v) is 3.52. The zero-order valence-corrected chi connectivity index (χ0v) is 14.3. The van der Waals surface area contributed by atoms with Crippen molar-refractivity contribution in [2.45, 2.75) is 37.8 Å². The second-order valence-electron chi connectivity index (χ2n) is 6.73. The van der Waals surface area contributed by atoms with Gasteiger partial charge in [0.15, 0.2) is 0 Å². The molecule has 1 aromatic rings. The van der Waals surface area contributed by atoms with Gasteiger partial charge in [-0.2, -0.15) is 5.26 Å². The Kier molecular flexibility index (Phi) is 5.49. The molecule has 0 spiro atoms. The molecule has 0 radical (unpaired) electrons. The van der Waals surface area contributed by atoms with Gasteiger partial charge in [-0.05, 0) is 37.0 Å². The molecule has 128 valence electrons. The fourth-order valence-electron chi connectivity index (χ4n) is 3.52. The SMILES string of the molecule is COC1CCN(C2CN(C(=O)CCc3ccc(C#N)cc3)C2)CC1. The van der Waals surface area contributed by atoms with E-state index in [0.29, 0.717) is 24.1 Å². The Hall–Kier alpha value is -1.90. The van der Waals surface area contributed by atoms with Crippen molar-refractivity contribution in [3.05, 3.63) is 35.4 Å². The summed E-state index contributed by atoms with van der Waals surface area (Å²) in [6, 6.07) is 10.1. The molecule has 0 aliphatic carbocycles. The topological polar surface area (TPSA) is 56.6 Å². The van der Waals surface area contributed by atoms with Crippen molar-refractivity contribution in [2.75, 3.05) is 33.3 Å². The number of aryl methyl sites for hydroxylation is 1. The van der Waals surface area contributed by atoms with Gasteiger partial charge in [0, 0.05) is 45.8 Å². The summed E-state index contributed by atoms with van der Waals surface area (Å²) >= 11 is 0. The Morgan fingerprint density at radius 1 is 1.25 bits per heavy atom. The molecule has 0 unspecified atom stereocenters. The first-order valence-electron chi connectivity index (χ1n) is 8.73. The number of piperidine rings is 1. The Balaban J connectivity index is 1.38. The van der Waals surface area contributed by atoms with Crippen LogP contribution in [0.4, 0.5) is 0 Å². The Labute approximate surface area is 143 Å². The summed E-state index contributed by atoms with van der Waals surface area (Å²) in [5, 5.41) is 8.80. The lowest BCUT2D eigenvalue weighted by Gasteiger charge is -2.47. The molecule has 3 rings (SSSR count). The van der Waals surface area contributed by atoms with Gasteiger partial charge in [-0.1, -0.05) is 12.1 Å². The predicted octanol–water partition coefficient (Wildman–Crippen LogP) is 1.81. The second-order valence-corrected chi connectivity index (χ2v) is 6.73. The highest BCUT2D eigenvalue weighted by Crippen LogP contribution is 2.22. The predicted molar refractivity (Wildman–Crippen MR) is 91.5 cm³/mol. The summed E-state index contributed by atoms with van der Waals surface area (Å²) in [7, 11) is 1.79. The smallest absolute Gasteiger partial charge is 0.223 e. The van der Waals surface area contributed by atoms with Gasteiger partial charge in [0.1, 0.15) is 0 Å². The van der Waals surface area contributed by atoms with Crippen LogP contribution in [-0.2, 0) is 16.0 Å². The Morgan fingerprint density at radius 3 is 2.50 bits per heavy atom. The quantitative estimate of drug-likeness (QED) is 0.828. The minimum absolute atomic E-state index is 0.238. The van der Waals surface area contributed by atoms with E-state index in [-0.39, 0.29) is 5.91 Å². The molecule has 0 aromatic heterocycles. The molecule has 2 heterocycles. The third-order valence-corrected chi connectivity index (χ3v) is 5.25. The third-order valence-electron chi connectivity index (χ3n) is 5.25. The molecule has 5 heteroatoms. The molecule has 2 aliphatic rings. The van der Waals surface area contributed by atoms with Gasteiger partial charge >= 0.3 is 0 Å². The van der Waals surface area contributed by atoms with Crippen LogP contribution in [0.15, 0.2) is 24.3 Å². The van der Waals surface area contributed by atoms with Crippen molar-refractivity contribution in [2.24, 2.45) is 0 Å². The second kappa shape index (κ2) is 7.78. The van der Waals surface area contributed by atoms with E-state index in [1.54, 1.807) is 7.11 Å². The van der Waals surface area contributed by atoms with Gasteiger partial charge < -0.3 is 9.64 Å². The van der Waals surface area contributed by atoms with E-state index in [4.69, 9.17) is 10.00 Å². The number of nitriles is 1. The Bertz CT molecular complexity index is 594. The van der Waals surface area contributed by atoms with E-state index in [1.165, 1.54) is 0 Å². The zero-order valence-electron chi connectivity index (χ0n) is 14.3. The molecule has 0 bridgehead atoms. The van der Waals surface area contributed by atoms with Crippen LogP contribution < -0.4 is 0 Å². The number of likely N-dealkylation sites (tertiary alicyclic amines) is 2. The highest BCUT2D eigenvalue weighted by molar-refractivity contribution is 5.77. The van der Waals surface area contributed by atoms with Crippen LogP contribution in [0.1, 0.15) is 30.4 Å².